The van der Waals surface area contributed by atoms with Gasteiger partial charge in [0.1, 0.15) is 12.4 Å². The van der Waals surface area contributed by atoms with Crippen molar-refractivity contribution in [1.29, 1.82) is 0 Å². The predicted molar refractivity (Wildman–Crippen MR) is 122 cm³/mol. The van der Waals surface area contributed by atoms with E-state index in [0.717, 1.165) is 0 Å². The minimum Gasteiger partial charge on any atom is -0.493 e. The molecule has 1 heterocycles. The van der Waals surface area contributed by atoms with Crippen LogP contribution in [0.3, 0.4) is 0 Å². The minimum atomic E-state index is -0.589. The molecule has 6 nitrogen and oxygen atoms in total. The van der Waals surface area contributed by atoms with Crippen LogP contribution < -0.4 is 14.2 Å². The topological polar surface area (TPSA) is 66.4 Å². The van der Waals surface area contributed by atoms with E-state index in [9.17, 15) is 9.18 Å². The number of aliphatic imine (C=N–C) groups is 1. The van der Waals surface area contributed by atoms with Gasteiger partial charge < -0.3 is 18.9 Å². The highest BCUT2D eigenvalue weighted by molar-refractivity contribution is 6.31. The van der Waals surface area contributed by atoms with Crippen molar-refractivity contribution in [2.75, 3.05) is 14.2 Å². The number of carbonyl (C=O) groups excluding carboxylic acids is 1. The van der Waals surface area contributed by atoms with Gasteiger partial charge in [0.2, 0.25) is 11.6 Å². The summed E-state index contributed by atoms with van der Waals surface area (Å²) >= 11 is 6.01. The number of carbonyl (C=O) groups is 1. The molecule has 0 atom stereocenters. The Morgan fingerprint density at radius 3 is 2.42 bits per heavy atom. The van der Waals surface area contributed by atoms with Crippen LogP contribution in [-0.4, -0.2) is 26.1 Å². The van der Waals surface area contributed by atoms with Gasteiger partial charge in [-0.3, -0.25) is 0 Å². The molecule has 0 unspecified atom stereocenters. The van der Waals surface area contributed by atoms with Crippen LogP contribution in [0.1, 0.15) is 16.7 Å². The van der Waals surface area contributed by atoms with Gasteiger partial charge in [-0.1, -0.05) is 29.8 Å². The summed E-state index contributed by atoms with van der Waals surface area (Å²) in [6, 6.07) is 16.3. The van der Waals surface area contributed by atoms with E-state index in [4.69, 9.17) is 30.5 Å². The van der Waals surface area contributed by atoms with Crippen LogP contribution in [0.15, 0.2) is 71.4 Å². The van der Waals surface area contributed by atoms with Crippen molar-refractivity contribution < 1.29 is 28.1 Å². The highest BCUT2D eigenvalue weighted by Crippen LogP contribution is 2.40. The summed E-state index contributed by atoms with van der Waals surface area (Å²) in [5, 5.41) is 0.506. The smallest absolute Gasteiger partial charge is 0.363 e. The van der Waals surface area contributed by atoms with Gasteiger partial charge in [-0.2, -0.15) is 0 Å². The summed E-state index contributed by atoms with van der Waals surface area (Å²) in [6.45, 7) is 0.116. The molecule has 1 aliphatic heterocycles. The first kappa shape index (κ1) is 22.4. The van der Waals surface area contributed by atoms with Gasteiger partial charge in [-0.25, -0.2) is 14.2 Å². The maximum atomic E-state index is 13.5. The molecule has 0 saturated heterocycles. The maximum Gasteiger partial charge on any atom is 0.363 e. The van der Waals surface area contributed by atoms with Gasteiger partial charge in [0.15, 0.2) is 17.2 Å². The number of benzene rings is 3. The molecule has 0 radical (unpaired) electrons. The molecule has 0 spiro atoms. The fourth-order valence-corrected chi connectivity index (χ4v) is 3.41. The number of nitrogens with zero attached hydrogens (tertiary/aromatic N) is 1. The Morgan fingerprint density at radius 1 is 1.03 bits per heavy atom. The molecule has 0 aliphatic carbocycles. The first-order valence-corrected chi connectivity index (χ1v) is 10.3. The zero-order valence-electron chi connectivity index (χ0n) is 17.8. The zero-order chi connectivity index (χ0) is 23.4. The number of rotatable bonds is 7. The molecule has 8 heteroatoms. The first-order valence-electron chi connectivity index (χ1n) is 9.88. The molecular weight excluding hydrogens is 449 g/mol. The molecule has 0 fully saturated rings. The lowest BCUT2D eigenvalue weighted by molar-refractivity contribution is -0.129. The van der Waals surface area contributed by atoms with Crippen LogP contribution in [0.25, 0.3) is 6.08 Å². The Balaban J connectivity index is 1.63. The van der Waals surface area contributed by atoms with Crippen LogP contribution in [0.2, 0.25) is 5.02 Å². The van der Waals surface area contributed by atoms with Crippen LogP contribution in [0.4, 0.5) is 4.39 Å². The van der Waals surface area contributed by atoms with E-state index in [1.165, 1.54) is 26.4 Å². The summed E-state index contributed by atoms with van der Waals surface area (Å²) in [6.07, 6.45) is 1.56. The van der Waals surface area contributed by atoms with Crippen LogP contribution in [0.5, 0.6) is 17.2 Å². The monoisotopic (exact) mass is 467 g/mol. The SMILES string of the molecule is COc1cc(C=C2N=C(c3cccc(Cl)c3)OC2=O)cc(OC)c1OCc1cccc(F)c1. The highest BCUT2D eigenvalue weighted by atomic mass is 35.5. The molecule has 4 rings (SSSR count). The van der Waals surface area contributed by atoms with Gasteiger partial charge in [-0.05, 0) is 59.7 Å². The molecule has 0 N–H and O–H groups in total. The normalized spacial score (nSPS) is 14.1. The van der Waals surface area contributed by atoms with Gasteiger partial charge in [0.05, 0.1) is 14.2 Å². The summed E-state index contributed by atoms with van der Waals surface area (Å²) in [4.78, 5) is 16.6. The van der Waals surface area contributed by atoms with Gasteiger partial charge in [0.25, 0.3) is 0 Å². The highest BCUT2D eigenvalue weighted by Gasteiger charge is 2.25. The standard InChI is InChI=1S/C25H19ClFNO5/c1-30-21-11-16(10-20-25(29)33-24(28-20)17-6-4-7-18(26)13-17)12-22(31-2)23(21)32-14-15-5-3-8-19(27)9-15/h3-13H,14H2,1-2H3. The van der Waals surface area contributed by atoms with Crippen molar-refractivity contribution in [3.63, 3.8) is 0 Å². The fourth-order valence-electron chi connectivity index (χ4n) is 3.22. The lowest BCUT2D eigenvalue weighted by Crippen LogP contribution is -2.05. The maximum absolute atomic E-state index is 13.5. The summed E-state index contributed by atoms with van der Waals surface area (Å²) < 4.78 is 35.5. The summed E-state index contributed by atoms with van der Waals surface area (Å²) in [5.74, 6) is 0.338. The van der Waals surface area contributed by atoms with Crippen LogP contribution in [-0.2, 0) is 16.1 Å². The minimum absolute atomic E-state index is 0.113. The van der Waals surface area contributed by atoms with Crippen molar-refractivity contribution in [2.45, 2.75) is 6.61 Å². The van der Waals surface area contributed by atoms with E-state index in [0.29, 0.717) is 39.0 Å². The molecule has 0 aromatic heterocycles. The first-order chi connectivity index (χ1) is 16.0. The molecule has 0 saturated carbocycles. The second-order valence-electron chi connectivity index (χ2n) is 7.02. The molecule has 1 aliphatic rings. The molecule has 3 aromatic rings. The Hall–Kier alpha value is -3.84. The van der Waals surface area contributed by atoms with E-state index in [2.05, 4.69) is 4.99 Å². The van der Waals surface area contributed by atoms with Crippen molar-refractivity contribution in [3.05, 3.63) is 93.9 Å². The van der Waals surface area contributed by atoms with Crippen molar-refractivity contribution in [3.8, 4) is 17.2 Å². The second-order valence-corrected chi connectivity index (χ2v) is 7.46. The Kier molecular flexibility index (Phi) is 6.60. The second kappa shape index (κ2) is 9.75. The molecule has 0 amide bonds. The number of esters is 1. The van der Waals surface area contributed by atoms with Crippen molar-refractivity contribution in [2.24, 2.45) is 4.99 Å². The summed E-state index contributed by atoms with van der Waals surface area (Å²) in [5.41, 5.74) is 1.95. The van der Waals surface area contributed by atoms with Crippen molar-refractivity contribution >= 4 is 29.5 Å². The number of ether oxygens (including phenoxy) is 4. The Labute approximate surface area is 194 Å². The third-order valence-electron chi connectivity index (χ3n) is 4.75. The van der Waals surface area contributed by atoms with Crippen LogP contribution in [0, 0.1) is 5.82 Å². The number of cyclic esters (lactones) is 1. The van der Waals surface area contributed by atoms with E-state index < -0.39 is 5.97 Å². The predicted octanol–water partition coefficient (Wildman–Crippen LogP) is 5.42. The summed E-state index contributed by atoms with van der Waals surface area (Å²) in [7, 11) is 2.97. The quantitative estimate of drug-likeness (QED) is 0.343. The third-order valence-corrected chi connectivity index (χ3v) is 4.99. The number of hydrogen-bond donors (Lipinski definition) is 0. The van der Waals surface area contributed by atoms with Crippen LogP contribution >= 0.6 is 11.6 Å². The average Bonchev–Trinajstić information content (AvgIpc) is 3.17. The molecule has 3 aromatic carbocycles. The van der Waals surface area contributed by atoms with E-state index in [1.807, 2.05) is 0 Å². The van der Waals surface area contributed by atoms with Gasteiger partial charge in [-0.15, -0.1) is 0 Å². The molecule has 33 heavy (non-hydrogen) atoms. The van der Waals surface area contributed by atoms with E-state index >= 15 is 0 Å². The van der Waals surface area contributed by atoms with Gasteiger partial charge in [0, 0.05) is 10.6 Å². The Bertz CT molecular complexity index is 1250. The third kappa shape index (κ3) is 5.15. The number of methoxy groups -OCH3 is 2. The van der Waals surface area contributed by atoms with E-state index in [1.54, 1.807) is 54.6 Å². The Morgan fingerprint density at radius 2 is 1.76 bits per heavy atom. The lowest BCUT2D eigenvalue weighted by atomic mass is 10.1. The average molecular weight is 468 g/mol. The lowest BCUT2D eigenvalue weighted by Gasteiger charge is -2.15. The van der Waals surface area contributed by atoms with Gasteiger partial charge >= 0.3 is 5.97 Å². The number of hydrogen-bond acceptors (Lipinski definition) is 6. The number of halogens is 2. The van der Waals surface area contributed by atoms with E-state index in [-0.39, 0.29) is 24.0 Å². The molecular formula is C25H19ClFNO5. The zero-order valence-corrected chi connectivity index (χ0v) is 18.6. The fraction of sp³-hybridized carbons (Fsp3) is 0.120. The molecule has 0 bridgehead atoms. The molecule has 168 valence electrons. The largest absolute Gasteiger partial charge is 0.493 e. The van der Waals surface area contributed by atoms with Crippen molar-refractivity contribution in [1.82, 2.24) is 0 Å².